The Hall–Kier alpha value is -2.48. The molecule has 1 aromatic carbocycles. The largest absolute Gasteiger partial charge is 0.493 e. The van der Waals surface area contributed by atoms with Gasteiger partial charge >= 0.3 is 5.97 Å². The highest BCUT2D eigenvalue weighted by molar-refractivity contribution is 7.15. The number of hydrogen-bond donors (Lipinski definition) is 2. The van der Waals surface area contributed by atoms with Crippen LogP contribution in [-0.4, -0.2) is 33.8 Å². The molecule has 0 saturated carbocycles. The van der Waals surface area contributed by atoms with Gasteiger partial charge in [0.25, 0.3) is 0 Å². The van der Waals surface area contributed by atoms with E-state index in [-0.39, 0.29) is 18.7 Å². The fourth-order valence-electron chi connectivity index (χ4n) is 1.76. The van der Waals surface area contributed by atoms with Gasteiger partial charge in [0.1, 0.15) is 10.8 Å². The molecule has 0 unspecified atom stereocenters. The first-order chi connectivity index (χ1) is 11.1. The highest BCUT2D eigenvalue weighted by Crippen LogP contribution is 2.17. The summed E-state index contributed by atoms with van der Waals surface area (Å²) in [4.78, 5) is 22.0. The van der Waals surface area contributed by atoms with E-state index in [9.17, 15) is 9.59 Å². The Morgan fingerprint density at radius 2 is 1.96 bits per heavy atom. The molecule has 122 valence electrons. The van der Waals surface area contributed by atoms with E-state index in [2.05, 4.69) is 15.5 Å². The van der Waals surface area contributed by atoms with Crippen LogP contribution in [0.4, 0.5) is 5.13 Å². The van der Waals surface area contributed by atoms with Crippen molar-refractivity contribution in [3.8, 4) is 5.75 Å². The summed E-state index contributed by atoms with van der Waals surface area (Å²) < 4.78 is 5.57. The number of rotatable bonds is 9. The van der Waals surface area contributed by atoms with Gasteiger partial charge in [-0.2, -0.15) is 0 Å². The minimum Gasteiger partial charge on any atom is -0.493 e. The van der Waals surface area contributed by atoms with Gasteiger partial charge in [-0.25, -0.2) is 0 Å². The topological polar surface area (TPSA) is 101 Å². The first kappa shape index (κ1) is 16.9. The van der Waals surface area contributed by atoms with E-state index >= 15 is 0 Å². The van der Waals surface area contributed by atoms with Crippen molar-refractivity contribution < 1.29 is 19.4 Å². The molecule has 2 aromatic rings. The minimum atomic E-state index is -0.908. The molecule has 0 aliphatic rings. The number of nitrogens with zero attached hydrogens (tertiary/aromatic N) is 2. The molecule has 1 aromatic heterocycles. The van der Waals surface area contributed by atoms with Crippen LogP contribution in [0.3, 0.4) is 0 Å². The van der Waals surface area contributed by atoms with Crippen molar-refractivity contribution >= 4 is 28.3 Å². The van der Waals surface area contributed by atoms with Crippen LogP contribution in [0.2, 0.25) is 0 Å². The van der Waals surface area contributed by atoms with Crippen molar-refractivity contribution in [1.82, 2.24) is 10.2 Å². The van der Waals surface area contributed by atoms with Crippen LogP contribution in [0.15, 0.2) is 30.3 Å². The van der Waals surface area contributed by atoms with Gasteiger partial charge in [-0.05, 0) is 18.6 Å². The molecular formula is C15H17N3O4S. The number of anilines is 1. The van der Waals surface area contributed by atoms with Crippen LogP contribution in [0.5, 0.6) is 5.75 Å². The fraction of sp³-hybridized carbons (Fsp3) is 0.333. The number of carboxylic acid groups (broad SMARTS) is 1. The van der Waals surface area contributed by atoms with Gasteiger partial charge in [-0.15, -0.1) is 10.2 Å². The third-order valence-corrected chi connectivity index (χ3v) is 3.73. The van der Waals surface area contributed by atoms with Gasteiger partial charge in [0.15, 0.2) is 0 Å². The number of ether oxygens (including phenoxy) is 1. The van der Waals surface area contributed by atoms with Crippen LogP contribution in [0.25, 0.3) is 0 Å². The summed E-state index contributed by atoms with van der Waals surface area (Å²) in [5.41, 5.74) is 0. The molecular weight excluding hydrogens is 318 g/mol. The molecule has 23 heavy (non-hydrogen) atoms. The number of amides is 1. The van der Waals surface area contributed by atoms with E-state index in [4.69, 9.17) is 9.84 Å². The molecule has 2 rings (SSSR count). The van der Waals surface area contributed by atoms with Crippen molar-refractivity contribution in [2.75, 3.05) is 11.9 Å². The number of nitrogens with one attached hydrogen (secondary N) is 1. The Labute approximate surface area is 137 Å². The van der Waals surface area contributed by atoms with E-state index in [0.29, 0.717) is 24.6 Å². The zero-order valence-corrected chi connectivity index (χ0v) is 13.2. The van der Waals surface area contributed by atoms with E-state index in [1.807, 2.05) is 30.3 Å². The highest BCUT2D eigenvalue weighted by Gasteiger charge is 2.09. The quantitative estimate of drug-likeness (QED) is 0.729. The van der Waals surface area contributed by atoms with Crippen LogP contribution in [-0.2, 0) is 16.0 Å². The predicted octanol–water partition coefficient (Wildman–Crippen LogP) is 2.35. The lowest BCUT2D eigenvalue weighted by molar-refractivity contribution is -0.137. The molecule has 2 N–H and O–H groups in total. The van der Waals surface area contributed by atoms with Gasteiger partial charge in [-0.3, -0.25) is 9.59 Å². The molecule has 0 aliphatic heterocycles. The van der Waals surface area contributed by atoms with Crippen LogP contribution in [0.1, 0.15) is 24.3 Å². The van der Waals surface area contributed by atoms with Gasteiger partial charge in [0.2, 0.25) is 11.0 Å². The normalized spacial score (nSPS) is 10.3. The number of aromatic nitrogens is 2. The number of carbonyl (C=O) groups is 2. The van der Waals surface area contributed by atoms with Crippen LogP contribution >= 0.6 is 11.3 Å². The first-order valence-corrected chi connectivity index (χ1v) is 7.97. The molecule has 0 aliphatic carbocycles. The Bertz CT molecular complexity index is 645. The highest BCUT2D eigenvalue weighted by atomic mass is 32.1. The number of carbonyl (C=O) groups excluding carboxylic acids is 1. The summed E-state index contributed by atoms with van der Waals surface area (Å²) >= 11 is 1.29. The molecule has 0 bridgehead atoms. The fourth-order valence-corrected chi connectivity index (χ4v) is 2.50. The molecule has 8 heteroatoms. The summed E-state index contributed by atoms with van der Waals surface area (Å²) in [6, 6.07) is 9.48. The molecule has 0 atom stereocenters. The lowest BCUT2D eigenvalue weighted by atomic mass is 10.2. The second kappa shape index (κ2) is 8.84. The van der Waals surface area contributed by atoms with Gasteiger partial charge < -0.3 is 15.2 Å². The Morgan fingerprint density at radius 3 is 2.70 bits per heavy atom. The summed E-state index contributed by atoms with van der Waals surface area (Å²) in [6.45, 7) is 0.477. The lowest BCUT2D eigenvalue weighted by Gasteiger charge is -2.03. The van der Waals surface area contributed by atoms with Crippen molar-refractivity contribution in [2.24, 2.45) is 0 Å². The van der Waals surface area contributed by atoms with Crippen LogP contribution in [0, 0.1) is 0 Å². The summed E-state index contributed by atoms with van der Waals surface area (Å²) in [5.74, 6) is -0.368. The molecule has 1 heterocycles. The molecule has 0 spiro atoms. The SMILES string of the molecule is O=C(O)CCCC(=O)Nc1nnc(CCOc2ccccc2)s1. The third-order valence-electron chi connectivity index (χ3n) is 2.84. The number of hydrogen-bond acceptors (Lipinski definition) is 6. The number of benzene rings is 1. The maximum Gasteiger partial charge on any atom is 0.303 e. The Morgan fingerprint density at radius 1 is 1.17 bits per heavy atom. The van der Waals surface area contributed by atoms with E-state index < -0.39 is 5.97 Å². The molecule has 1 amide bonds. The maximum atomic E-state index is 11.6. The monoisotopic (exact) mass is 335 g/mol. The summed E-state index contributed by atoms with van der Waals surface area (Å²) in [6.07, 6.45) is 1.03. The summed E-state index contributed by atoms with van der Waals surface area (Å²) in [7, 11) is 0. The third kappa shape index (κ3) is 6.43. The van der Waals surface area contributed by atoms with E-state index in [1.165, 1.54) is 11.3 Å². The molecule has 7 nitrogen and oxygen atoms in total. The zero-order chi connectivity index (χ0) is 16.5. The second-order valence-corrected chi connectivity index (χ2v) is 5.77. The maximum absolute atomic E-state index is 11.6. The predicted molar refractivity (Wildman–Crippen MR) is 85.7 cm³/mol. The average Bonchev–Trinajstić information content (AvgIpc) is 2.95. The van der Waals surface area contributed by atoms with Crippen LogP contribution < -0.4 is 10.1 Å². The second-order valence-electron chi connectivity index (χ2n) is 4.71. The van der Waals surface area contributed by atoms with Crippen molar-refractivity contribution in [1.29, 1.82) is 0 Å². The lowest BCUT2D eigenvalue weighted by Crippen LogP contribution is -2.11. The Balaban J connectivity index is 1.70. The number of para-hydroxylation sites is 1. The van der Waals surface area contributed by atoms with Gasteiger partial charge in [-0.1, -0.05) is 29.5 Å². The first-order valence-electron chi connectivity index (χ1n) is 7.15. The molecule has 0 radical (unpaired) electrons. The van der Waals surface area contributed by atoms with Gasteiger partial charge in [0, 0.05) is 19.3 Å². The van der Waals surface area contributed by atoms with Crippen molar-refractivity contribution in [3.63, 3.8) is 0 Å². The number of aliphatic carboxylic acids is 1. The molecule has 0 saturated heterocycles. The zero-order valence-electron chi connectivity index (χ0n) is 12.4. The van der Waals surface area contributed by atoms with Crippen molar-refractivity contribution in [2.45, 2.75) is 25.7 Å². The number of carboxylic acids is 1. The Kier molecular flexibility index (Phi) is 6.49. The smallest absolute Gasteiger partial charge is 0.303 e. The average molecular weight is 335 g/mol. The summed E-state index contributed by atoms with van der Waals surface area (Å²) in [5, 5.41) is 20.2. The molecule has 0 fully saturated rings. The minimum absolute atomic E-state index is 0.0222. The van der Waals surface area contributed by atoms with Crippen molar-refractivity contribution in [3.05, 3.63) is 35.3 Å². The van der Waals surface area contributed by atoms with E-state index in [0.717, 1.165) is 10.8 Å². The standard InChI is InChI=1S/C15H17N3O4S/c19-12(7-4-8-14(20)21)16-15-18-17-13(23-15)9-10-22-11-5-2-1-3-6-11/h1-3,5-6H,4,7-10H2,(H,20,21)(H,16,18,19). The van der Waals surface area contributed by atoms with E-state index in [1.54, 1.807) is 0 Å². The van der Waals surface area contributed by atoms with Gasteiger partial charge in [0.05, 0.1) is 6.61 Å².